The Hall–Kier alpha value is -1.59. The molecule has 1 atom stereocenters. The third-order valence-electron chi connectivity index (χ3n) is 2.66. The van der Waals surface area contributed by atoms with E-state index in [0.29, 0.717) is 23.9 Å². The van der Waals surface area contributed by atoms with E-state index >= 15 is 0 Å². The van der Waals surface area contributed by atoms with Crippen LogP contribution in [0.15, 0.2) is 0 Å². The maximum absolute atomic E-state index is 4.36. The quantitative estimate of drug-likeness (QED) is 0.617. The Morgan fingerprint density at radius 2 is 1.72 bits per heavy atom. The highest BCUT2D eigenvalue weighted by Gasteiger charge is 2.07. The summed E-state index contributed by atoms with van der Waals surface area (Å²) in [4.78, 5) is 12.9. The van der Waals surface area contributed by atoms with Crippen LogP contribution in [0.5, 0.6) is 0 Å². The van der Waals surface area contributed by atoms with Gasteiger partial charge in [-0.1, -0.05) is 20.3 Å². The third-order valence-corrected chi connectivity index (χ3v) is 2.66. The van der Waals surface area contributed by atoms with Gasteiger partial charge in [-0.15, -0.1) is 0 Å². The second-order valence-corrected chi connectivity index (χ2v) is 4.29. The number of hydrogen-bond donors (Lipinski definition) is 3. The second kappa shape index (κ2) is 7.68. The molecule has 6 heteroatoms. The lowest BCUT2D eigenvalue weighted by Gasteiger charge is -2.13. The van der Waals surface area contributed by atoms with E-state index in [0.717, 1.165) is 25.8 Å². The van der Waals surface area contributed by atoms with Crippen LogP contribution in [0.2, 0.25) is 0 Å². The van der Waals surface area contributed by atoms with Crippen LogP contribution < -0.4 is 16.0 Å². The first-order chi connectivity index (χ1) is 8.69. The van der Waals surface area contributed by atoms with Crippen molar-refractivity contribution in [3.63, 3.8) is 0 Å². The number of anilines is 3. The van der Waals surface area contributed by atoms with Gasteiger partial charge in [0.25, 0.3) is 0 Å². The zero-order valence-corrected chi connectivity index (χ0v) is 11.7. The lowest BCUT2D eigenvalue weighted by Crippen LogP contribution is -2.18. The van der Waals surface area contributed by atoms with Crippen LogP contribution in [0, 0.1) is 0 Å². The Morgan fingerprint density at radius 1 is 1.06 bits per heavy atom. The maximum atomic E-state index is 4.36. The topological polar surface area (TPSA) is 74.8 Å². The maximum Gasteiger partial charge on any atom is 0.229 e. The fourth-order valence-corrected chi connectivity index (χ4v) is 1.33. The minimum absolute atomic E-state index is 0.348. The van der Waals surface area contributed by atoms with Crippen molar-refractivity contribution in [1.82, 2.24) is 15.0 Å². The number of unbranched alkanes of at least 4 members (excludes halogenated alkanes) is 1. The number of rotatable bonds is 8. The van der Waals surface area contributed by atoms with E-state index in [1.165, 1.54) is 0 Å². The van der Waals surface area contributed by atoms with Crippen LogP contribution in [-0.4, -0.2) is 34.6 Å². The van der Waals surface area contributed by atoms with E-state index in [1.54, 1.807) is 7.05 Å². The van der Waals surface area contributed by atoms with E-state index in [4.69, 9.17) is 0 Å². The summed E-state index contributed by atoms with van der Waals surface area (Å²) in [6, 6.07) is 0.348. The van der Waals surface area contributed by atoms with Gasteiger partial charge in [0.2, 0.25) is 17.8 Å². The van der Waals surface area contributed by atoms with Gasteiger partial charge in [0.15, 0.2) is 0 Å². The van der Waals surface area contributed by atoms with Gasteiger partial charge in [-0.25, -0.2) is 0 Å². The summed E-state index contributed by atoms with van der Waals surface area (Å²) in [5, 5.41) is 9.41. The summed E-state index contributed by atoms with van der Waals surface area (Å²) >= 11 is 0. The molecule has 0 spiro atoms. The van der Waals surface area contributed by atoms with Crippen molar-refractivity contribution in [3.05, 3.63) is 0 Å². The molecule has 0 fully saturated rings. The van der Waals surface area contributed by atoms with Crippen LogP contribution in [0.1, 0.15) is 40.0 Å². The van der Waals surface area contributed by atoms with Gasteiger partial charge in [0.05, 0.1) is 0 Å². The minimum Gasteiger partial charge on any atom is -0.357 e. The second-order valence-electron chi connectivity index (χ2n) is 4.29. The van der Waals surface area contributed by atoms with E-state index in [-0.39, 0.29) is 0 Å². The van der Waals surface area contributed by atoms with Crippen molar-refractivity contribution in [3.8, 4) is 0 Å². The van der Waals surface area contributed by atoms with Crippen LogP contribution in [-0.2, 0) is 0 Å². The molecule has 1 aromatic rings. The highest BCUT2D eigenvalue weighted by molar-refractivity contribution is 5.42. The SMILES string of the molecule is CCCCNc1nc(NC)nc(NC(C)CC)n1. The summed E-state index contributed by atoms with van der Waals surface area (Å²) in [5.74, 6) is 1.81. The van der Waals surface area contributed by atoms with Crippen LogP contribution in [0.3, 0.4) is 0 Å². The average molecular weight is 252 g/mol. The molecule has 0 aromatic carbocycles. The van der Waals surface area contributed by atoms with E-state index in [9.17, 15) is 0 Å². The summed E-state index contributed by atoms with van der Waals surface area (Å²) < 4.78 is 0. The number of nitrogens with zero attached hydrogens (tertiary/aromatic N) is 3. The molecule has 0 bridgehead atoms. The summed E-state index contributed by atoms with van der Waals surface area (Å²) in [5.41, 5.74) is 0. The van der Waals surface area contributed by atoms with E-state index < -0.39 is 0 Å². The van der Waals surface area contributed by atoms with Gasteiger partial charge >= 0.3 is 0 Å². The minimum atomic E-state index is 0.348. The molecule has 1 heterocycles. The van der Waals surface area contributed by atoms with Crippen molar-refractivity contribution in [1.29, 1.82) is 0 Å². The first kappa shape index (κ1) is 14.5. The number of hydrogen-bond acceptors (Lipinski definition) is 6. The molecule has 0 amide bonds. The van der Waals surface area contributed by atoms with Gasteiger partial charge in [-0.05, 0) is 19.8 Å². The largest absolute Gasteiger partial charge is 0.357 e. The molecule has 1 aromatic heterocycles. The van der Waals surface area contributed by atoms with Crippen molar-refractivity contribution >= 4 is 17.8 Å². The van der Waals surface area contributed by atoms with Gasteiger partial charge in [-0.2, -0.15) is 15.0 Å². The lowest BCUT2D eigenvalue weighted by molar-refractivity contribution is 0.750. The monoisotopic (exact) mass is 252 g/mol. The molecule has 0 saturated heterocycles. The molecule has 1 rings (SSSR count). The van der Waals surface area contributed by atoms with Crippen molar-refractivity contribution in [2.24, 2.45) is 0 Å². The first-order valence-corrected chi connectivity index (χ1v) is 6.63. The average Bonchev–Trinajstić information content (AvgIpc) is 2.38. The van der Waals surface area contributed by atoms with Crippen molar-refractivity contribution in [2.75, 3.05) is 29.5 Å². The summed E-state index contributed by atoms with van der Waals surface area (Å²) in [7, 11) is 1.80. The molecule has 1 unspecified atom stereocenters. The number of aromatic nitrogens is 3. The van der Waals surface area contributed by atoms with Crippen molar-refractivity contribution < 1.29 is 0 Å². The normalized spacial score (nSPS) is 12.0. The third kappa shape index (κ3) is 4.73. The van der Waals surface area contributed by atoms with Gasteiger partial charge in [-0.3, -0.25) is 0 Å². The molecule has 0 radical (unpaired) electrons. The molecule has 18 heavy (non-hydrogen) atoms. The highest BCUT2D eigenvalue weighted by atomic mass is 15.3. The number of nitrogens with one attached hydrogen (secondary N) is 3. The highest BCUT2D eigenvalue weighted by Crippen LogP contribution is 2.10. The Kier molecular flexibility index (Phi) is 6.18. The standard InChI is InChI=1S/C12H24N6/c1-5-7-8-14-11-16-10(13-4)17-12(18-11)15-9(3)6-2/h9H,5-8H2,1-4H3,(H3,13,14,15,16,17,18). The lowest BCUT2D eigenvalue weighted by atomic mass is 10.3. The predicted molar refractivity (Wildman–Crippen MR) is 76.1 cm³/mol. The fraction of sp³-hybridized carbons (Fsp3) is 0.750. The van der Waals surface area contributed by atoms with Gasteiger partial charge in [0, 0.05) is 19.6 Å². The molecule has 0 aliphatic carbocycles. The van der Waals surface area contributed by atoms with Gasteiger partial charge in [0.1, 0.15) is 0 Å². The molecular formula is C12H24N6. The molecule has 3 N–H and O–H groups in total. The Labute approximate surface area is 109 Å². The Morgan fingerprint density at radius 3 is 2.33 bits per heavy atom. The molecule has 0 aliphatic heterocycles. The Balaban J connectivity index is 2.74. The van der Waals surface area contributed by atoms with Gasteiger partial charge < -0.3 is 16.0 Å². The summed E-state index contributed by atoms with van der Waals surface area (Å²) in [6.45, 7) is 7.27. The van der Waals surface area contributed by atoms with E-state index in [1.807, 2.05) is 0 Å². The molecule has 102 valence electrons. The first-order valence-electron chi connectivity index (χ1n) is 6.63. The smallest absolute Gasteiger partial charge is 0.229 e. The predicted octanol–water partition coefficient (Wildman–Crippen LogP) is 2.34. The van der Waals surface area contributed by atoms with Crippen LogP contribution in [0.4, 0.5) is 17.8 Å². The molecular weight excluding hydrogens is 228 g/mol. The molecule has 0 saturated carbocycles. The molecule has 6 nitrogen and oxygen atoms in total. The Bertz CT molecular complexity index is 354. The zero-order chi connectivity index (χ0) is 13.4. The van der Waals surface area contributed by atoms with Crippen LogP contribution >= 0.6 is 0 Å². The van der Waals surface area contributed by atoms with E-state index in [2.05, 4.69) is 51.7 Å². The zero-order valence-electron chi connectivity index (χ0n) is 11.7. The summed E-state index contributed by atoms with van der Waals surface area (Å²) in [6.07, 6.45) is 3.28. The van der Waals surface area contributed by atoms with Crippen molar-refractivity contribution in [2.45, 2.75) is 46.1 Å². The van der Waals surface area contributed by atoms with Crippen LogP contribution in [0.25, 0.3) is 0 Å². The molecule has 0 aliphatic rings. The fourth-order valence-electron chi connectivity index (χ4n) is 1.33.